The molecule has 0 amide bonds. The van der Waals surface area contributed by atoms with E-state index in [1.165, 1.54) is 16.7 Å². The van der Waals surface area contributed by atoms with E-state index >= 15 is 0 Å². The molecule has 0 heterocycles. The Morgan fingerprint density at radius 1 is 0.882 bits per heavy atom. The Bertz CT molecular complexity index is 445. The summed E-state index contributed by atoms with van der Waals surface area (Å²) in [5, 5.41) is 3.37. The van der Waals surface area contributed by atoms with Crippen molar-refractivity contribution in [2.24, 2.45) is 0 Å². The molecule has 0 aromatic heterocycles. The average molecular weight is 225 g/mol. The average Bonchev–Trinajstić information content (AvgIpc) is 2.42. The van der Waals surface area contributed by atoms with Gasteiger partial charge in [0.2, 0.25) is 0 Å². The lowest BCUT2D eigenvalue weighted by Gasteiger charge is -2.17. The summed E-state index contributed by atoms with van der Waals surface area (Å²) in [6, 6.07) is 19.7. The molecule has 0 aliphatic heterocycles. The van der Waals surface area contributed by atoms with Crippen LogP contribution in [0.1, 0.15) is 29.7 Å². The van der Waals surface area contributed by atoms with Gasteiger partial charge in [-0.15, -0.1) is 0 Å². The summed E-state index contributed by atoms with van der Waals surface area (Å²) in [6.45, 7) is 2.18. The zero-order valence-electron chi connectivity index (χ0n) is 10.5. The zero-order chi connectivity index (χ0) is 12.1. The summed E-state index contributed by atoms with van der Waals surface area (Å²) in [7, 11) is 2.01. The third-order valence-electron chi connectivity index (χ3n) is 3.14. The molecule has 0 saturated heterocycles. The summed E-state index contributed by atoms with van der Waals surface area (Å²) >= 11 is 0. The van der Waals surface area contributed by atoms with Crippen LogP contribution in [0.25, 0.3) is 0 Å². The van der Waals surface area contributed by atoms with E-state index < -0.39 is 0 Å². The van der Waals surface area contributed by atoms with E-state index in [0.29, 0.717) is 0 Å². The van der Waals surface area contributed by atoms with Crippen LogP contribution < -0.4 is 5.32 Å². The Balaban J connectivity index is 2.29. The third kappa shape index (κ3) is 2.75. The van der Waals surface area contributed by atoms with E-state index in [4.69, 9.17) is 0 Å². The maximum atomic E-state index is 3.37. The molecule has 1 unspecified atom stereocenters. The number of aryl methyl sites for hydroxylation is 1. The Morgan fingerprint density at radius 3 is 2.00 bits per heavy atom. The highest BCUT2D eigenvalue weighted by atomic mass is 14.9. The summed E-state index contributed by atoms with van der Waals surface area (Å²) in [5.74, 6) is 0. The van der Waals surface area contributed by atoms with Gasteiger partial charge in [0.15, 0.2) is 0 Å². The van der Waals surface area contributed by atoms with Crippen LogP contribution in [0.15, 0.2) is 54.6 Å². The topological polar surface area (TPSA) is 12.0 Å². The van der Waals surface area contributed by atoms with Crippen molar-refractivity contribution in [1.82, 2.24) is 5.32 Å². The molecular formula is C16H19N. The maximum Gasteiger partial charge on any atom is 0.0574 e. The molecule has 1 nitrogen and oxygen atoms in total. The third-order valence-corrected chi connectivity index (χ3v) is 3.14. The lowest BCUT2D eigenvalue weighted by molar-refractivity contribution is 0.691. The molecular weight excluding hydrogens is 206 g/mol. The van der Waals surface area contributed by atoms with E-state index in [2.05, 4.69) is 66.8 Å². The first-order chi connectivity index (χ1) is 8.35. The molecule has 1 heteroatoms. The molecule has 0 radical (unpaired) electrons. The fourth-order valence-electron chi connectivity index (χ4n) is 2.12. The van der Waals surface area contributed by atoms with Gasteiger partial charge in [0, 0.05) is 0 Å². The number of nitrogens with one attached hydrogen (secondary N) is 1. The molecule has 88 valence electrons. The smallest absolute Gasteiger partial charge is 0.0574 e. The predicted octanol–water partition coefficient (Wildman–Crippen LogP) is 3.56. The van der Waals surface area contributed by atoms with Crippen molar-refractivity contribution in [1.29, 1.82) is 0 Å². The lowest BCUT2D eigenvalue weighted by atomic mass is 9.97. The molecule has 0 aliphatic carbocycles. The number of benzene rings is 2. The minimum absolute atomic E-state index is 0.280. The normalized spacial score (nSPS) is 12.4. The fourth-order valence-corrected chi connectivity index (χ4v) is 2.12. The zero-order valence-corrected chi connectivity index (χ0v) is 10.5. The minimum atomic E-state index is 0.280. The van der Waals surface area contributed by atoms with Gasteiger partial charge >= 0.3 is 0 Å². The molecule has 2 rings (SSSR count). The summed E-state index contributed by atoms with van der Waals surface area (Å²) in [4.78, 5) is 0. The van der Waals surface area contributed by atoms with Gasteiger partial charge < -0.3 is 5.32 Å². The van der Waals surface area contributed by atoms with E-state index in [-0.39, 0.29) is 6.04 Å². The van der Waals surface area contributed by atoms with E-state index in [1.807, 2.05) is 7.05 Å². The Labute approximate surface area is 103 Å². The van der Waals surface area contributed by atoms with Crippen LogP contribution in [-0.2, 0) is 6.42 Å². The van der Waals surface area contributed by atoms with Crippen molar-refractivity contribution in [2.75, 3.05) is 7.05 Å². The number of hydrogen-bond acceptors (Lipinski definition) is 1. The van der Waals surface area contributed by atoms with Gasteiger partial charge in [-0.2, -0.15) is 0 Å². The molecule has 1 atom stereocenters. The number of hydrogen-bond donors (Lipinski definition) is 1. The van der Waals surface area contributed by atoms with Gasteiger partial charge in [-0.1, -0.05) is 61.5 Å². The van der Waals surface area contributed by atoms with Gasteiger partial charge in [0.25, 0.3) is 0 Å². The van der Waals surface area contributed by atoms with Crippen LogP contribution >= 0.6 is 0 Å². The molecule has 0 bridgehead atoms. The first-order valence-corrected chi connectivity index (χ1v) is 6.16. The molecule has 17 heavy (non-hydrogen) atoms. The second-order valence-electron chi connectivity index (χ2n) is 4.23. The summed E-state index contributed by atoms with van der Waals surface area (Å²) in [6.07, 6.45) is 1.09. The van der Waals surface area contributed by atoms with Crippen LogP contribution in [-0.4, -0.2) is 7.05 Å². The van der Waals surface area contributed by atoms with Gasteiger partial charge in [0.05, 0.1) is 6.04 Å². The monoisotopic (exact) mass is 225 g/mol. The van der Waals surface area contributed by atoms with Crippen LogP contribution in [0.2, 0.25) is 0 Å². The van der Waals surface area contributed by atoms with Crippen LogP contribution in [0.5, 0.6) is 0 Å². The Hall–Kier alpha value is -1.60. The van der Waals surface area contributed by atoms with E-state index in [9.17, 15) is 0 Å². The van der Waals surface area contributed by atoms with Crippen molar-refractivity contribution in [3.8, 4) is 0 Å². The van der Waals surface area contributed by atoms with Crippen molar-refractivity contribution in [3.63, 3.8) is 0 Å². The van der Waals surface area contributed by atoms with Crippen molar-refractivity contribution in [3.05, 3.63) is 71.3 Å². The number of rotatable bonds is 4. The molecule has 0 fully saturated rings. The van der Waals surface area contributed by atoms with Gasteiger partial charge in [-0.05, 0) is 30.2 Å². The maximum absolute atomic E-state index is 3.37. The highest BCUT2D eigenvalue weighted by Gasteiger charge is 2.10. The van der Waals surface area contributed by atoms with Gasteiger partial charge in [-0.3, -0.25) is 0 Å². The summed E-state index contributed by atoms with van der Waals surface area (Å²) in [5.41, 5.74) is 4.01. The Kier molecular flexibility index (Phi) is 3.94. The Morgan fingerprint density at radius 2 is 1.47 bits per heavy atom. The molecule has 0 aliphatic rings. The van der Waals surface area contributed by atoms with E-state index in [0.717, 1.165) is 6.42 Å². The molecule has 2 aromatic rings. The second kappa shape index (κ2) is 5.65. The first kappa shape index (κ1) is 11.9. The second-order valence-corrected chi connectivity index (χ2v) is 4.23. The lowest BCUT2D eigenvalue weighted by Crippen LogP contribution is -2.17. The van der Waals surface area contributed by atoms with Crippen molar-refractivity contribution >= 4 is 0 Å². The fraction of sp³-hybridized carbons (Fsp3) is 0.250. The van der Waals surface area contributed by atoms with E-state index in [1.54, 1.807) is 0 Å². The molecule has 0 spiro atoms. The standard InChI is InChI=1S/C16H19N/c1-3-13-9-11-15(12-10-13)16(17-2)14-7-5-4-6-8-14/h4-12,16-17H,3H2,1-2H3. The molecule has 2 aromatic carbocycles. The first-order valence-electron chi connectivity index (χ1n) is 6.16. The summed E-state index contributed by atoms with van der Waals surface area (Å²) < 4.78 is 0. The van der Waals surface area contributed by atoms with Crippen LogP contribution in [0, 0.1) is 0 Å². The van der Waals surface area contributed by atoms with Gasteiger partial charge in [-0.25, -0.2) is 0 Å². The molecule has 0 saturated carbocycles. The SMILES string of the molecule is CCc1ccc(C(NC)c2ccccc2)cc1. The van der Waals surface area contributed by atoms with Crippen molar-refractivity contribution in [2.45, 2.75) is 19.4 Å². The highest BCUT2D eigenvalue weighted by Crippen LogP contribution is 2.21. The quantitative estimate of drug-likeness (QED) is 0.839. The molecule has 1 N–H and O–H groups in total. The minimum Gasteiger partial charge on any atom is -0.309 e. The van der Waals surface area contributed by atoms with Crippen LogP contribution in [0.4, 0.5) is 0 Å². The largest absolute Gasteiger partial charge is 0.309 e. The predicted molar refractivity (Wildman–Crippen MR) is 73.2 cm³/mol. The van der Waals surface area contributed by atoms with Crippen molar-refractivity contribution < 1.29 is 0 Å². The van der Waals surface area contributed by atoms with Crippen LogP contribution in [0.3, 0.4) is 0 Å². The van der Waals surface area contributed by atoms with Gasteiger partial charge in [0.1, 0.15) is 0 Å². The highest BCUT2D eigenvalue weighted by molar-refractivity contribution is 5.33.